The van der Waals surface area contributed by atoms with Gasteiger partial charge in [-0.3, -0.25) is 9.59 Å². The number of carbonyl (C=O) groups is 2. The van der Waals surface area contributed by atoms with E-state index in [2.05, 4.69) is 24.1 Å². The van der Waals surface area contributed by atoms with Crippen LogP contribution in [0, 0.1) is 0 Å². The largest absolute Gasteiger partial charge is 0.505 e. The van der Waals surface area contributed by atoms with Gasteiger partial charge in [0.05, 0.1) is 0 Å². The van der Waals surface area contributed by atoms with Crippen molar-refractivity contribution in [2.24, 2.45) is 0 Å². The van der Waals surface area contributed by atoms with Crippen molar-refractivity contribution in [3.63, 3.8) is 0 Å². The number of carboxylic acids is 1. The van der Waals surface area contributed by atoms with Gasteiger partial charge < -0.3 is 20.3 Å². The molecule has 2 aromatic carbocycles. The minimum Gasteiger partial charge on any atom is -0.505 e. The summed E-state index contributed by atoms with van der Waals surface area (Å²) in [6, 6.07) is 14.4. The van der Waals surface area contributed by atoms with Crippen LogP contribution in [-0.2, 0) is 11.2 Å². The molecule has 0 atom stereocenters. The summed E-state index contributed by atoms with van der Waals surface area (Å²) in [6.07, 6.45) is 1.77. The summed E-state index contributed by atoms with van der Waals surface area (Å²) in [6.45, 7) is 5.58. The Morgan fingerprint density at radius 1 is 1.00 bits per heavy atom. The second-order valence-corrected chi connectivity index (χ2v) is 6.52. The summed E-state index contributed by atoms with van der Waals surface area (Å²) in [5.74, 6) is -0.959. The van der Waals surface area contributed by atoms with Crippen molar-refractivity contribution >= 4 is 22.6 Å². The molecule has 3 aromatic rings. The zero-order valence-corrected chi connectivity index (χ0v) is 17.3. The molecule has 0 aliphatic rings. The van der Waals surface area contributed by atoms with Crippen LogP contribution < -0.4 is 10.1 Å². The molecule has 0 radical (unpaired) electrons. The van der Waals surface area contributed by atoms with Gasteiger partial charge in [0.25, 0.3) is 5.91 Å². The van der Waals surface area contributed by atoms with Crippen LogP contribution >= 0.6 is 0 Å². The normalized spacial score (nSPS) is 10.1. The van der Waals surface area contributed by atoms with Crippen molar-refractivity contribution in [1.82, 2.24) is 10.3 Å². The summed E-state index contributed by atoms with van der Waals surface area (Å²) >= 11 is 0. The molecule has 1 heterocycles. The lowest BCUT2D eigenvalue weighted by molar-refractivity contribution is -0.135. The molecule has 0 saturated heterocycles. The average Bonchev–Trinajstić information content (AvgIpc) is 2.73. The van der Waals surface area contributed by atoms with E-state index in [9.17, 15) is 14.7 Å². The Labute approximate surface area is 175 Å². The molecular weight excluding hydrogens is 384 g/mol. The average molecular weight is 410 g/mol. The second-order valence-electron chi connectivity index (χ2n) is 6.52. The Hall–Kier alpha value is -3.61. The molecular formula is C23H26N2O5. The Kier molecular flexibility index (Phi) is 8.17. The summed E-state index contributed by atoms with van der Waals surface area (Å²) < 4.78 is 5.81. The number of amides is 1. The molecule has 1 aromatic heterocycles. The van der Waals surface area contributed by atoms with Gasteiger partial charge in [-0.1, -0.05) is 45.4 Å². The van der Waals surface area contributed by atoms with Gasteiger partial charge in [0, 0.05) is 16.5 Å². The Morgan fingerprint density at radius 2 is 1.67 bits per heavy atom. The number of aromatic hydroxyl groups is 1. The minimum absolute atomic E-state index is 0.197. The molecule has 0 bridgehead atoms. The molecule has 0 fully saturated rings. The van der Waals surface area contributed by atoms with Gasteiger partial charge >= 0.3 is 5.97 Å². The number of para-hydroxylation sites is 1. The molecule has 1 amide bonds. The summed E-state index contributed by atoms with van der Waals surface area (Å²) in [7, 11) is 0. The van der Waals surface area contributed by atoms with Crippen LogP contribution in [0.4, 0.5) is 0 Å². The number of hydrogen-bond donors (Lipinski definition) is 3. The fourth-order valence-electron chi connectivity index (χ4n) is 2.70. The summed E-state index contributed by atoms with van der Waals surface area (Å²) in [5.41, 5.74) is 0.402. The minimum atomic E-state index is -1.18. The Balaban J connectivity index is 0.00000101. The number of aliphatic carboxylic acids is 1. The monoisotopic (exact) mass is 410 g/mol. The SMILES string of the molecule is CCC.CCc1nc(C(=O)NCC(=O)O)c(O)c2ccc(Oc3ccccc3)cc12. The van der Waals surface area contributed by atoms with Crippen molar-refractivity contribution in [3.05, 3.63) is 59.9 Å². The van der Waals surface area contributed by atoms with Crippen molar-refractivity contribution < 1.29 is 24.5 Å². The number of rotatable bonds is 6. The quantitative estimate of drug-likeness (QED) is 0.551. The first kappa shape index (κ1) is 22.7. The van der Waals surface area contributed by atoms with Crippen LogP contribution in [0.1, 0.15) is 43.4 Å². The molecule has 30 heavy (non-hydrogen) atoms. The predicted octanol–water partition coefficient (Wildman–Crippen LogP) is 4.53. The molecule has 158 valence electrons. The number of hydrogen-bond acceptors (Lipinski definition) is 5. The van der Waals surface area contributed by atoms with E-state index in [4.69, 9.17) is 9.84 Å². The summed E-state index contributed by atoms with van der Waals surface area (Å²) in [4.78, 5) is 27.0. The van der Waals surface area contributed by atoms with E-state index in [1.165, 1.54) is 6.42 Å². The van der Waals surface area contributed by atoms with E-state index in [1.807, 2.05) is 37.3 Å². The number of fused-ring (bicyclic) bond motifs is 1. The third-order valence-electron chi connectivity index (χ3n) is 3.96. The van der Waals surface area contributed by atoms with Crippen LogP contribution in [0.5, 0.6) is 17.2 Å². The number of nitrogens with zero attached hydrogens (tertiary/aromatic N) is 1. The van der Waals surface area contributed by atoms with Gasteiger partial charge in [0.1, 0.15) is 18.0 Å². The van der Waals surface area contributed by atoms with Gasteiger partial charge in [-0.25, -0.2) is 4.98 Å². The van der Waals surface area contributed by atoms with Crippen LogP contribution in [0.15, 0.2) is 48.5 Å². The molecule has 3 N–H and O–H groups in total. The zero-order valence-electron chi connectivity index (χ0n) is 17.3. The summed E-state index contributed by atoms with van der Waals surface area (Å²) in [5, 5.41) is 22.5. The van der Waals surface area contributed by atoms with E-state index in [-0.39, 0.29) is 11.4 Å². The molecule has 7 heteroatoms. The smallest absolute Gasteiger partial charge is 0.322 e. The van der Waals surface area contributed by atoms with E-state index in [1.54, 1.807) is 18.2 Å². The highest BCUT2D eigenvalue weighted by Crippen LogP contribution is 2.33. The third kappa shape index (κ3) is 5.70. The fraction of sp³-hybridized carbons (Fsp3) is 0.261. The van der Waals surface area contributed by atoms with Crippen LogP contribution in [-0.4, -0.2) is 33.6 Å². The number of benzene rings is 2. The number of ether oxygens (including phenoxy) is 1. The van der Waals surface area contributed by atoms with Crippen LogP contribution in [0.3, 0.4) is 0 Å². The maximum Gasteiger partial charge on any atom is 0.322 e. The number of pyridine rings is 1. The Morgan fingerprint density at radius 3 is 2.27 bits per heavy atom. The number of aryl methyl sites for hydroxylation is 1. The topological polar surface area (TPSA) is 109 Å². The second kappa shape index (κ2) is 10.8. The number of aromatic nitrogens is 1. The van der Waals surface area contributed by atoms with Gasteiger partial charge in [-0.05, 0) is 36.8 Å². The van der Waals surface area contributed by atoms with Gasteiger partial charge in [-0.15, -0.1) is 0 Å². The van der Waals surface area contributed by atoms with Crippen molar-refractivity contribution in [3.8, 4) is 17.2 Å². The van der Waals surface area contributed by atoms with Crippen molar-refractivity contribution in [1.29, 1.82) is 0 Å². The fourth-order valence-corrected chi connectivity index (χ4v) is 2.70. The lowest BCUT2D eigenvalue weighted by Gasteiger charge is -2.13. The van der Waals surface area contributed by atoms with E-state index < -0.39 is 18.4 Å². The van der Waals surface area contributed by atoms with Crippen LogP contribution in [0.2, 0.25) is 0 Å². The highest BCUT2D eigenvalue weighted by Gasteiger charge is 2.19. The van der Waals surface area contributed by atoms with Crippen LogP contribution in [0.25, 0.3) is 10.8 Å². The first-order valence-electron chi connectivity index (χ1n) is 9.79. The first-order valence-corrected chi connectivity index (χ1v) is 9.79. The molecule has 0 saturated carbocycles. The van der Waals surface area contributed by atoms with Gasteiger partial charge in [0.2, 0.25) is 0 Å². The number of nitrogens with one attached hydrogen (secondary N) is 1. The van der Waals surface area contributed by atoms with Crippen molar-refractivity contribution in [2.75, 3.05) is 6.54 Å². The number of carbonyl (C=O) groups excluding carboxylic acids is 1. The molecule has 3 rings (SSSR count). The predicted molar refractivity (Wildman–Crippen MR) is 115 cm³/mol. The zero-order chi connectivity index (χ0) is 22.1. The maximum absolute atomic E-state index is 12.2. The molecule has 0 spiro atoms. The molecule has 7 nitrogen and oxygen atoms in total. The highest BCUT2D eigenvalue weighted by molar-refractivity contribution is 6.03. The van der Waals surface area contributed by atoms with Gasteiger partial charge in [0.15, 0.2) is 11.4 Å². The lowest BCUT2D eigenvalue weighted by atomic mass is 10.0. The van der Waals surface area contributed by atoms with Gasteiger partial charge in [-0.2, -0.15) is 0 Å². The van der Waals surface area contributed by atoms with E-state index in [0.717, 1.165) is 0 Å². The Bertz CT molecular complexity index is 1020. The van der Waals surface area contributed by atoms with E-state index in [0.29, 0.717) is 34.4 Å². The maximum atomic E-state index is 12.2. The van der Waals surface area contributed by atoms with Crippen molar-refractivity contribution in [2.45, 2.75) is 33.6 Å². The third-order valence-corrected chi connectivity index (χ3v) is 3.96. The van der Waals surface area contributed by atoms with E-state index >= 15 is 0 Å². The molecule has 0 aliphatic carbocycles. The number of carboxylic acid groups (broad SMARTS) is 1. The highest BCUT2D eigenvalue weighted by atomic mass is 16.5. The molecule has 0 unspecified atom stereocenters. The lowest BCUT2D eigenvalue weighted by Crippen LogP contribution is -2.30. The molecule has 0 aliphatic heterocycles. The first-order chi connectivity index (χ1) is 14.4. The standard InChI is InChI=1S/C20H18N2O5.C3H8/c1-2-16-15-10-13(27-12-6-4-3-5-7-12)8-9-14(15)19(25)18(22-16)20(26)21-11-17(23)24;1-3-2/h3-10,25H,2,11H2,1H3,(H,21,26)(H,23,24);3H2,1-2H3.